The molecule has 1 fully saturated rings. The van der Waals surface area contributed by atoms with Crippen molar-refractivity contribution in [1.29, 1.82) is 0 Å². The Morgan fingerprint density at radius 1 is 1.46 bits per heavy atom. The molecule has 0 spiro atoms. The average Bonchev–Trinajstić information content (AvgIpc) is 2.94. The summed E-state index contributed by atoms with van der Waals surface area (Å²) >= 11 is 1.68. The number of aromatic nitrogens is 1. The van der Waals surface area contributed by atoms with Crippen LogP contribution in [-0.4, -0.2) is 54.4 Å². The highest BCUT2D eigenvalue weighted by molar-refractivity contribution is 14.0. The lowest BCUT2D eigenvalue weighted by Gasteiger charge is -2.39. The topological polar surface area (TPSA) is 74.7 Å². The number of aryl methyl sites for hydroxylation is 1. The highest BCUT2D eigenvalue weighted by Gasteiger charge is 2.40. The number of halogens is 1. The van der Waals surface area contributed by atoms with E-state index in [9.17, 15) is 8.42 Å². The fourth-order valence-electron chi connectivity index (χ4n) is 2.48. The Morgan fingerprint density at radius 2 is 2.17 bits per heavy atom. The van der Waals surface area contributed by atoms with Crippen LogP contribution < -0.4 is 5.32 Å². The number of nitrogens with zero attached hydrogens (tertiary/aromatic N) is 3. The van der Waals surface area contributed by atoms with E-state index in [-0.39, 0.29) is 29.7 Å². The number of sulfone groups is 1. The van der Waals surface area contributed by atoms with Crippen LogP contribution in [0.2, 0.25) is 0 Å². The molecule has 1 aromatic heterocycles. The minimum absolute atomic E-state index is 0. The van der Waals surface area contributed by atoms with E-state index < -0.39 is 14.6 Å². The van der Waals surface area contributed by atoms with Crippen LogP contribution in [0.25, 0.3) is 0 Å². The summed E-state index contributed by atoms with van der Waals surface area (Å²) in [5.74, 6) is 0.936. The van der Waals surface area contributed by atoms with Crippen molar-refractivity contribution >= 4 is 51.1 Å². The third-order valence-electron chi connectivity index (χ3n) is 3.99. The summed E-state index contributed by atoms with van der Waals surface area (Å²) in [6.07, 6.45) is 2.89. The van der Waals surface area contributed by atoms with Crippen LogP contribution in [0.4, 0.5) is 0 Å². The first kappa shape index (κ1) is 21.6. The van der Waals surface area contributed by atoms with Crippen molar-refractivity contribution in [3.8, 4) is 0 Å². The fraction of sp³-hybridized carbons (Fsp3) is 0.733. The van der Waals surface area contributed by atoms with Crippen molar-refractivity contribution in [3.63, 3.8) is 0 Å². The third kappa shape index (κ3) is 5.04. The molecule has 9 heteroatoms. The zero-order chi connectivity index (χ0) is 17.1. The van der Waals surface area contributed by atoms with Gasteiger partial charge in [0.2, 0.25) is 0 Å². The minimum Gasteiger partial charge on any atom is -0.357 e. The summed E-state index contributed by atoms with van der Waals surface area (Å²) < 4.78 is 23.5. The zero-order valence-electron chi connectivity index (χ0n) is 14.7. The van der Waals surface area contributed by atoms with Gasteiger partial charge < -0.3 is 10.2 Å². The van der Waals surface area contributed by atoms with E-state index in [1.807, 2.05) is 18.0 Å². The maximum absolute atomic E-state index is 12.1. The monoisotopic (exact) mass is 486 g/mol. The molecule has 2 heterocycles. The Bertz CT molecular complexity index is 671. The number of aliphatic imine (C=N–C) groups is 1. The summed E-state index contributed by atoms with van der Waals surface area (Å²) in [6.45, 7) is 9.91. The summed E-state index contributed by atoms with van der Waals surface area (Å²) in [7, 11) is -3.04. The van der Waals surface area contributed by atoms with Gasteiger partial charge in [-0.1, -0.05) is 6.92 Å². The van der Waals surface area contributed by atoms with Gasteiger partial charge in [0, 0.05) is 30.7 Å². The van der Waals surface area contributed by atoms with E-state index in [4.69, 9.17) is 0 Å². The van der Waals surface area contributed by atoms with E-state index >= 15 is 0 Å². The lowest BCUT2D eigenvalue weighted by Crippen LogP contribution is -2.57. The predicted octanol–water partition coefficient (Wildman–Crippen LogP) is 2.30. The van der Waals surface area contributed by atoms with Gasteiger partial charge in [-0.15, -0.1) is 35.3 Å². The van der Waals surface area contributed by atoms with Crippen molar-refractivity contribution in [3.05, 3.63) is 16.1 Å². The second-order valence-electron chi connectivity index (χ2n) is 6.24. The number of guanidine groups is 1. The summed E-state index contributed by atoms with van der Waals surface area (Å²) in [6, 6.07) is 0. The number of rotatable bonds is 4. The Morgan fingerprint density at radius 3 is 2.71 bits per heavy atom. The van der Waals surface area contributed by atoms with Crippen LogP contribution in [0, 0.1) is 0 Å². The van der Waals surface area contributed by atoms with Crippen molar-refractivity contribution in [1.82, 2.24) is 15.2 Å². The molecular formula is C15H27IN4O2S2. The van der Waals surface area contributed by atoms with Crippen LogP contribution >= 0.6 is 35.3 Å². The van der Waals surface area contributed by atoms with Crippen LogP contribution in [0.15, 0.2) is 11.2 Å². The summed E-state index contributed by atoms with van der Waals surface area (Å²) in [5, 5.41) is 4.25. The molecule has 1 aliphatic rings. The lowest BCUT2D eigenvalue weighted by molar-refractivity contribution is 0.353. The quantitative estimate of drug-likeness (QED) is 0.402. The summed E-state index contributed by atoms with van der Waals surface area (Å²) in [5.41, 5.74) is 0. The zero-order valence-corrected chi connectivity index (χ0v) is 18.7. The molecule has 0 atom stereocenters. The molecule has 0 amide bonds. The second-order valence-corrected chi connectivity index (χ2v) is 10.2. The molecule has 1 aliphatic heterocycles. The van der Waals surface area contributed by atoms with Crippen molar-refractivity contribution in [2.75, 3.05) is 25.4 Å². The molecule has 1 aromatic rings. The largest absolute Gasteiger partial charge is 0.357 e. The van der Waals surface area contributed by atoms with E-state index in [0.29, 0.717) is 19.6 Å². The second kappa shape index (κ2) is 8.79. The molecular weight excluding hydrogens is 459 g/mol. The van der Waals surface area contributed by atoms with E-state index in [2.05, 4.69) is 22.2 Å². The fourth-order valence-corrected chi connectivity index (χ4v) is 4.63. The van der Waals surface area contributed by atoms with Gasteiger partial charge in [0.15, 0.2) is 15.8 Å². The smallest absolute Gasteiger partial charge is 0.194 e. The number of hydrogen-bond donors (Lipinski definition) is 1. The normalized spacial score (nSPS) is 19.7. The van der Waals surface area contributed by atoms with Gasteiger partial charge >= 0.3 is 0 Å². The molecule has 0 aliphatic carbocycles. The number of hydrogen-bond acceptors (Lipinski definition) is 5. The van der Waals surface area contributed by atoms with Gasteiger partial charge in [0.1, 0.15) is 5.01 Å². The first-order valence-corrected chi connectivity index (χ1v) is 10.4. The van der Waals surface area contributed by atoms with Crippen LogP contribution in [-0.2, 0) is 22.8 Å². The lowest BCUT2D eigenvalue weighted by atomic mass is 10.2. The molecule has 1 N–H and O–H groups in total. The first-order chi connectivity index (χ1) is 10.8. The number of nitrogens with one attached hydrogen (secondary N) is 1. The molecule has 1 saturated heterocycles. The molecule has 6 nitrogen and oxygen atoms in total. The Kier molecular flexibility index (Phi) is 7.92. The molecule has 0 aromatic carbocycles. The van der Waals surface area contributed by atoms with E-state index in [0.717, 1.165) is 23.9 Å². The first-order valence-electron chi connectivity index (χ1n) is 7.98. The molecule has 24 heavy (non-hydrogen) atoms. The van der Waals surface area contributed by atoms with E-state index in [1.165, 1.54) is 4.88 Å². The average molecular weight is 486 g/mol. The Balaban J connectivity index is 0.00000288. The van der Waals surface area contributed by atoms with Gasteiger partial charge in [-0.2, -0.15) is 0 Å². The van der Waals surface area contributed by atoms with Crippen LogP contribution in [0.3, 0.4) is 0 Å². The Labute approximate surface area is 166 Å². The highest BCUT2D eigenvalue weighted by atomic mass is 127. The highest BCUT2D eigenvalue weighted by Crippen LogP contribution is 2.24. The maximum Gasteiger partial charge on any atom is 0.194 e. The molecule has 0 radical (unpaired) electrons. The minimum atomic E-state index is -3.04. The Hall–Kier alpha value is -0.420. The van der Waals surface area contributed by atoms with Gasteiger partial charge in [-0.3, -0.25) is 0 Å². The predicted molar refractivity (Wildman–Crippen MR) is 111 cm³/mol. The van der Waals surface area contributed by atoms with Gasteiger partial charge in [-0.25, -0.2) is 18.4 Å². The standard InChI is InChI=1S/C15H26N4O2S2.HI/c1-5-12-9-17-13(22-12)10-18-14(16-6-2)19-7-8-23(20,21)15(3,4)11-19;/h9H,5-8,10-11H2,1-4H3,(H,16,18);1H. The molecule has 0 bridgehead atoms. The van der Waals surface area contributed by atoms with Gasteiger partial charge in [0.25, 0.3) is 0 Å². The molecule has 0 unspecified atom stereocenters. The molecule has 0 saturated carbocycles. The van der Waals surface area contributed by atoms with Crippen molar-refractivity contribution < 1.29 is 8.42 Å². The van der Waals surface area contributed by atoms with Crippen molar-refractivity contribution in [2.45, 2.75) is 45.4 Å². The molecule has 2 rings (SSSR count). The number of thiazole rings is 1. The van der Waals surface area contributed by atoms with Crippen molar-refractivity contribution in [2.24, 2.45) is 4.99 Å². The van der Waals surface area contributed by atoms with Crippen LogP contribution in [0.1, 0.15) is 37.6 Å². The summed E-state index contributed by atoms with van der Waals surface area (Å²) in [4.78, 5) is 12.3. The molecule has 138 valence electrons. The van der Waals surface area contributed by atoms with Crippen LogP contribution in [0.5, 0.6) is 0 Å². The van der Waals surface area contributed by atoms with Gasteiger partial charge in [0.05, 0.1) is 17.0 Å². The third-order valence-corrected chi connectivity index (χ3v) is 7.65. The SMILES string of the molecule is CCNC(=NCc1ncc(CC)s1)N1CCS(=O)(=O)C(C)(C)C1.I. The van der Waals surface area contributed by atoms with E-state index in [1.54, 1.807) is 25.2 Å². The van der Waals surface area contributed by atoms with Gasteiger partial charge in [-0.05, 0) is 27.2 Å². The maximum atomic E-state index is 12.1.